The molecule has 0 atom stereocenters. The molecule has 0 aliphatic carbocycles. The van der Waals surface area contributed by atoms with Gasteiger partial charge in [-0.3, -0.25) is 9.59 Å². The fourth-order valence-corrected chi connectivity index (χ4v) is 2.17. The van der Waals surface area contributed by atoms with Crippen LogP contribution in [0.5, 0.6) is 0 Å². The molecule has 1 heterocycles. The Bertz CT molecular complexity index is 792. The summed E-state index contributed by atoms with van der Waals surface area (Å²) in [6, 6.07) is 18.8. The van der Waals surface area contributed by atoms with Gasteiger partial charge in [0.2, 0.25) is 17.5 Å². The molecule has 2 N–H and O–H groups in total. The van der Waals surface area contributed by atoms with E-state index in [2.05, 4.69) is 9.97 Å². The first-order valence-electron chi connectivity index (χ1n) is 6.99. The molecule has 0 aliphatic heterocycles. The smallest absolute Gasteiger partial charge is 0.221 e. The third-order valence-electron chi connectivity index (χ3n) is 3.28. The van der Waals surface area contributed by atoms with Crippen LogP contribution in [0.3, 0.4) is 0 Å². The van der Waals surface area contributed by atoms with Crippen LogP contribution in [0.4, 0.5) is 5.95 Å². The highest BCUT2D eigenvalue weighted by Crippen LogP contribution is 2.13. The molecule has 0 aliphatic rings. The molecular weight excluding hydrogens is 290 g/mol. The van der Waals surface area contributed by atoms with Gasteiger partial charge in [0.05, 0.1) is 0 Å². The van der Waals surface area contributed by atoms with Crippen LogP contribution in [0.25, 0.3) is 0 Å². The Morgan fingerprint density at radius 1 is 0.696 bits per heavy atom. The molecule has 0 saturated heterocycles. The maximum absolute atomic E-state index is 12.5. The summed E-state index contributed by atoms with van der Waals surface area (Å²) in [5, 5.41) is 0. The lowest BCUT2D eigenvalue weighted by Gasteiger charge is -2.05. The Kier molecular flexibility index (Phi) is 3.93. The average Bonchev–Trinajstić information content (AvgIpc) is 2.61. The van der Waals surface area contributed by atoms with E-state index in [1.165, 1.54) is 6.07 Å². The zero-order valence-corrected chi connectivity index (χ0v) is 12.1. The van der Waals surface area contributed by atoms with Gasteiger partial charge in [-0.15, -0.1) is 0 Å². The van der Waals surface area contributed by atoms with Crippen molar-refractivity contribution in [2.24, 2.45) is 0 Å². The highest BCUT2D eigenvalue weighted by Gasteiger charge is 2.17. The van der Waals surface area contributed by atoms with Crippen LogP contribution >= 0.6 is 0 Å². The topological polar surface area (TPSA) is 85.9 Å². The first-order chi connectivity index (χ1) is 11.1. The summed E-state index contributed by atoms with van der Waals surface area (Å²) in [5.74, 6) is -0.713. The lowest BCUT2D eigenvalue weighted by molar-refractivity contribution is 0.103. The molecule has 0 radical (unpaired) electrons. The minimum Gasteiger partial charge on any atom is -0.368 e. The summed E-state index contributed by atoms with van der Waals surface area (Å²) in [6.45, 7) is 0. The van der Waals surface area contributed by atoms with Gasteiger partial charge >= 0.3 is 0 Å². The van der Waals surface area contributed by atoms with Gasteiger partial charge in [-0.1, -0.05) is 60.7 Å². The minimum atomic E-state index is -0.304. The van der Waals surface area contributed by atoms with Crippen molar-refractivity contribution >= 4 is 17.5 Å². The van der Waals surface area contributed by atoms with E-state index in [1.807, 2.05) is 12.1 Å². The van der Waals surface area contributed by atoms with E-state index < -0.39 is 0 Å². The predicted octanol–water partition coefficient (Wildman–Crippen LogP) is 2.52. The molecule has 3 rings (SSSR count). The maximum Gasteiger partial charge on any atom is 0.221 e. The molecule has 0 unspecified atom stereocenters. The van der Waals surface area contributed by atoms with Crippen molar-refractivity contribution in [1.82, 2.24) is 9.97 Å². The Morgan fingerprint density at radius 3 is 1.48 bits per heavy atom. The van der Waals surface area contributed by atoms with E-state index in [0.717, 1.165) is 0 Å². The van der Waals surface area contributed by atoms with Crippen LogP contribution < -0.4 is 5.73 Å². The Morgan fingerprint density at radius 2 is 1.09 bits per heavy atom. The first-order valence-corrected chi connectivity index (χ1v) is 6.99. The molecule has 2 aromatic carbocycles. The molecule has 23 heavy (non-hydrogen) atoms. The summed E-state index contributed by atoms with van der Waals surface area (Å²) in [7, 11) is 0. The molecule has 0 saturated carbocycles. The van der Waals surface area contributed by atoms with Gasteiger partial charge in [0, 0.05) is 11.1 Å². The summed E-state index contributed by atoms with van der Waals surface area (Å²) in [5.41, 5.74) is 6.82. The van der Waals surface area contributed by atoms with Gasteiger partial charge in [0.1, 0.15) is 11.4 Å². The number of hydrogen-bond acceptors (Lipinski definition) is 5. The third kappa shape index (κ3) is 3.13. The lowest BCUT2D eigenvalue weighted by atomic mass is 10.0. The standard InChI is InChI=1S/C18H13N3O2/c19-18-20-14(16(22)12-7-3-1-4-8-12)11-15(21-18)17(23)13-9-5-2-6-10-13/h1-11H,(H2,19,20,21). The third-order valence-corrected chi connectivity index (χ3v) is 3.28. The van der Waals surface area contributed by atoms with Crippen molar-refractivity contribution in [1.29, 1.82) is 0 Å². The van der Waals surface area contributed by atoms with E-state index in [-0.39, 0.29) is 28.9 Å². The number of ketones is 2. The zero-order chi connectivity index (χ0) is 16.2. The van der Waals surface area contributed by atoms with E-state index in [9.17, 15) is 9.59 Å². The van der Waals surface area contributed by atoms with Crippen molar-refractivity contribution in [3.63, 3.8) is 0 Å². The van der Waals surface area contributed by atoms with Crippen LogP contribution in [0.2, 0.25) is 0 Å². The first kappa shape index (κ1) is 14.6. The number of hydrogen-bond donors (Lipinski definition) is 1. The lowest BCUT2D eigenvalue weighted by Crippen LogP contribution is -2.12. The van der Waals surface area contributed by atoms with Crippen molar-refractivity contribution in [2.45, 2.75) is 0 Å². The zero-order valence-electron chi connectivity index (χ0n) is 12.1. The van der Waals surface area contributed by atoms with Crippen LogP contribution in [-0.2, 0) is 0 Å². The number of nitrogens with zero attached hydrogens (tertiary/aromatic N) is 2. The van der Waals surface area contributed by atoms with Gasteiger partial charge in [0.15, 0.2) is 0 Å². The highest BCUT2D eigenvalue weighted by molar-refractivity contribution is 6.11. The number of carbonyl (C=O) groups is 2. The van der Waals surface area contributed by atoms with E-state index in [1.54, 1.807) is 48.5 Å². The number of carbonyl (C=O) groups excluding carboxylic acids is 2. The fourth-order valence-electron chi connectivity index (χ4n) is 2.17. The fraction of sp³-hybridized carbons (Fsp3) is 0. The van der Waals surface area contributed by atoms with E-state index in [4.69, 9.17) is 5.73 Å². The number of nitrogen functional groups attached to an aromatic ring is 1. The minimum absolute atomic E-state index is 0.1000. The molecule has 0 spiro atoms. The van der Waals surface area contributed by atoms with Crippen molar-refractivity contribution in [3.05, 3.63) is 89.2 Å². The van der Waals surface area contributed by atoms with Crippen LogP contribution in [0.1, 0.15) is 32.1 Å². The molecule has 3 aromatic rings. The SMILES string of the molecule is Nc1nc(C(=O)c2ccccc2)cc(C(=O)c2ccccc2)n1. The molecule has 5 heteroatoms. The van der Waals surface area contributed by atoms with Gasteiger partial charge in [0.25, 0.3) is 0 Å². The second-order valence-electron chi connectivity index (χ2n) is 4.89. The maximum atomic E-state index is 12.5. The van der Waals surface area contributed by atoms with Gasteiger partial charge in [-0.2, -0.15) is 0 Å². The van der Waals surface area contributed by atoms with Gasteiger partial charge in [-0.25, -0.2) is 9.97 Å². The molecule has 0 fully saturated rings. The number of rotatable bonds is 4. The summed E-state index contributed by atoms with van der Waals surface area (Å²) in [4.78, 5) is 32.8. The number of aromatic nitrogens is 2. The summed E-state index contributed by atoms with van der Waals surface area (Å²) >= 11 is 0. The Balaban J connectivity index is 2.00. The van der Waals surface area contributed by atoms with Crippen LogP contribution in [0, 0.1) is 0 Å². The van der Waals surface area contributed by atoms with Gasteiger partial charge < -0.3 is 5.73 Å². The Hall–Kier alpha value is -3.34. The largest absolute Gasteiger partial charge is 0.368 e. The predicted molar refractivity (Wildman–Crippen MR) is 86.2 cm³/mol. The molecule has 0 bridgehead atoms. The molecule has 5 nitrogen and oxygen atoms in total. The summed E-state index contributed by atoms with van der Waals surface area (Å²) in [6.07, 6.45) is 0. The molecule has 0 amide bonds. The monoisotopic (exact) mass is 303 g/mol. The molecular formula is C18H13N3O2. The van der Waals surface area contributed by atoms with E-state index in [0.29, 0.717) is 11.1 Å². The number of anilines is 1. The average molecular weight is 303 g/mol. The summed E-state index contributed by atoms with van der Waals surface area (Å²) < 4.78 is 0. The number of benzene rings is 2. The van der Waals surface area contributed by atoms with E-state index >= 15 is 0 Å². The number of nitrogens with two attached hydrogens (primary N) is 1. The van der Waals surface area contributed by atoms with Gasteiger partial charge in [-0.05, 0) is 6.07 Å². The highest BCUT2D eigenvalue weighted by atomic mass is 16.1. The molecule has 1 aromatic heterocycles. The van der Waals surface area contributed by atoms with Crippen molar-refractivity contribution in [2.75, 3.05) is 5.73 Å². The van der Waals surface area contributed by atoms with Crippen LogP contribution in [-0.4, -0.2) is 21.5 Å². The second kappa shape index (κ2) is 6.19. The second-order valence-corrected chi connectivity index (χ2v) is 4.89. The Labute approximate surface area is 132 Å². The molecule has 112 valence electrons. The normalized spacial score (nSPS) is 10.3. The van der Waals surface area contributed by atoms with Crippen LogP contribution in [0.15, 0.2) is 66.7 Å². The quantitative estimate of drug-likeness (QED) is 0.748. The van der Waals surface area contributed by atoms with Crippen molar-refractivity contribution in [3.8, 4) is 0 Å². The van der Waals surface area contributed by atoms with Crippen molar-refractivity contribution < 1.29 is 9.59 Å².